The first kappa shape index (κ1) is 24.9. The summed E-state index contributed by atoms with van der Waals surface area (Å²) in [5.74, 6) is 2.04. The van der Waals surface area contributed by atoms with Gasteiger partial charge >= 0.3 is 6.18 Å². The standard InChI is InChI=1S/C16H20N2O3.C9H14F3N/c1-2-21-12-3-4-14-13(9-12)15(10-17-14)18-16(19)11-5-7-20-8-6-11;10-9(11,12)6-13-4-7-2-1-3-8(7)5-13/h3-4,9-11,17H,2,5-8H2,1H3,(H,18,19);7-8H,1-6H2. The predicted octanol–water partition coefficient (Wildman–Crippen LogP) is 5.21. The van der Waals surface area contributed by atoms with Crippen LogP contribution >= 0.6 is 0 Å². The normalized spacial score (nSPS) is 23.4. The van der Waals surface area contributed by atoms with E-state index in [1.165, 1.54) is 6.42 Å². The molecule has 5 rings (SSSR count). The number of hydrogen-bond acceptors (Lipinski definition) is 4. The van der Waals surface area contributed by atoms with Crippen molar-refractivity contribution >= 4 is 22.5 Å². The van der Waals surface area contributed by atoms with Crippen LogP contribution < -0.4 is 10.1 Å². The van der Waals surface area contributed by atoms with Crippen LogP contribution in [0.4, 0.5) is 18.9 Å². The van der Waals surface area contributed by atoms with E-state index in [1.807, 2.05) is 31.3 Å². The van der Waals surface area contributed by atoms with Crippen LogP contribution in [-0.2, 0) is 9.53 Å². The van der Waals surface area contributed by atoms with Crippen LogP contribution in [0.3, 0.4) is 0 Å². The van der Waals surface area contributed by atoms with E-state index in [2.05, 4.69) is 10.3 Å². The van der Waals surface area contributed by atoms with Crippen molar-refractivity contribution < 1.29 is 27.4 Å². The molecule has 2 saturated heterocycles. The highest BCUT2D eigenvalue weighted by molar-refractivity contribution is 6.02. The zero-order chi connectivity index (χ0) is 24.1. The van der Waals surface area contributed by atoms with Gasteiger partial charge in [-0.15, -0.1) is 0 Å². The van der Waals surface area contributed by atoms with Gasteiger partial charge in [-0.25, -0.2) is 0 Å². The summed E-state index contributed by atoms with van der Waals surface area (Å²) in [5.41, 5.74) is 1.80. The predicted molar refractivity (Wildman–Crippen MR) is 125 cm³/mol. The first-order chi connectivity index (χ1) is 16.3. The number of ether oxygens (including phenoxy) is 2. The van der Waals surface area contributed by atoms with Crippen molar-refractivity contribution in [3.05, 3.63) is 24.4 Å². The number of aromatic amines is 1. The quantitative estimate of drug-likeness (QED) is 0.615. The maximum Gasteiger partial charge on any atom is 0.401 e. The van der Waals surface area contributed by atoms with Gasteiger partial charge in [0.2, 0.25) is 5.91 Å². The van der Waals surface area contributed by atoms with Gasteiger partial charge in [-0.3, -0.25) is 9.69 Å². The summed E-state index contributed by atoms with van der Waals surface area (Å²) in [6.45, 7) is 4.55. The van der Waals surface area contributed by atoms with Crippen LogP contribution in [-0.4, -0.2) is 61.4 Å². The van der Waals surface area contributed by atoms with E-state index in [-0.39, 0.29) is 11.8 Å². The summed E-state index contributed by atoms with van der Waals surface area (Å²) in [6, 6.07) is 5.84. The molecular weight excluding hydrogens is 447 g/mol. The highest BCUT2D eigenvalue weighted by Gasteiger charge is 2.40. The van der Waals surface area contributed by atoms with Crippen molar-refractivity contribution in [2.24, 2.45) is 17.8 Å². The zero-order valence-corrected chi connectivity index (χ0v) is 19.6. The van der Waals surface area contributed by atoms with Crippen molar-refractivity contribution in [3.8, 4) is 5.75 Å². The number of carbonyl (C=O) groups excluding carboxylic acids is 1. The molecule has 2 unspecified atom stereocenters. The van der Waals surface area contributed by atoms with Crippen molar-refractivity contribution in [1.82, 2.24) is 9.88 Å². The Kier molecular flexibility index (Phi) is 8.03. The van der Waals surface area contributed by atoms with Crippen molar-refractivity contribution in [2.45, 2.75) is 45.2 Å². The number of carbonyl (C=O) groups is 1. The largest absolute Gasteiger partial charge is 0.494 e. The zero-order valence-electron chi connectivity index (χ0n) is 19.6. The molecule has 9 heteroatoms. The third-order valence-corrected chi connectivity index (χ3v) is 7.02. The number of likely N-dealkylation sites (tertiary alicyclic amines) is 1. The van der Waals surface area contributed by atoms with Gasteiger partial charge in [-0.05, 0) is 62.6 Å². The van der Waals surface area contributed by atoms with E-state index in [9.17, 15) is 18.0 Å². The van der Waals surface area contributed by atoms with E-state index >= 15 is 0 Å². The molecule has 3 heterocycles. The Morgan fingerprint density at radius 1 is 1.18 bits per heavy atom. The van der Waals surface area contributed by atoms with E-state index < -0.39 is 12.7 Å². The molecule has 2 aromatic rings. The number of nitrogens with one attached hydrogen (secondary N) is 2. The molecule has 1 saturated carbocycles. The molecule has 2 aliphatic heterocycles. The minimum absolute atomic E-state index is 0.0405. The number of hydrogen-bond donors (Lipinski definition) is 2. The molecule has 0 bridgehead atoms. The molecule has 0 spiro atoms. The molecule has 1 aliphatic carbocycles. The summed E-state index contributed by atoms with van der Waals surface area (Å²) in [5, 5.41) is 4.00. The molecule has 2 N–H and O–H groups in total. The number of H-pyrrole nitrogens is 1. The fraction of sp³-hybridized carbons (Fsp3) is 0.640. The lowest BCUT2D eigenvalue weighted by atomic mass is 9.99. The Morgan fingerprint density at radius 3 is 2.53 bits per heavy atom. The maximum absolute atomic E-state index is 12.3. The number of benzene rings is 1. The first-order valence-corrected chi connectivity index (χ1v) is 12.2. The lowest BCUT2D eigenvalue weighted by Gasteiger charge is -2.21. The van der Waals surface area contributed by atoms with E-state index in [0.717, 1.165) is 48.0 Å². The molecule has 1 aromatic heterocycles. The van der Waals surface area contributed by atoms with Crippen LogP contribution in [0.25, 0.3) is 10.9 Å². The number of halogens is 3. The van der Waals surface area contributed by atoms with Gasteiger partial charge in [0.05, 0.1) is 18.8 Å². The minimum Gasteiger partial charge on any atom is -0.494 e. The topological polar surface area (TPSA) is 66.6 Å². The Hall–Kier alpha value is -2.26. The van der Waals surface area contributed by atoms with E-state index in [4.69, 9.17) is 9.47 Å². The molecule has 2 atom stereocenters. The van der Waals surface area contributed by atoms with E-state index in [0.29, 0.717) is 44.7 Å². The fourth-order valence-corrected chi connectivity index (χ4v) is 5.37. The van der Waals surface area contributed by atoms with Gasteiger partial charge in [0.25, 0.3) is 0 Å². The highest BCUT2D eigenvalue weighted by Crippen LogP contribution is 2.38. The molecule has 1 aromatic carbocycles. The van der Waals surface area contributed by atoms with Crippen LogP contribution in [0.2, 0.25) is 0 Å². The summed E-state index contributed by atoms with van der Waals surface area (Å²) >= 11 is 0. The number of amides is 1. The lowest BCUT2D eigenvalue weighted by Crippen LogP contribution is -2.33. The molecule has 6 nitrogen and oxygen atoms in total. The van der Waals surface area contributed by atoms with Crippen molar-refractivity contribution in [1.29, 1.82) is 0 Å². The van der Waals surface area contributed by atoms with Gasteiger partial charge < -0.3 is 19.8 Å². The Morgan fingerprint density at radius 2 is 1.88 bits per heavy atom. The Bertz CT molecular complexity index is 944. The molecule has 0 radical (unpaired) electrons. The number of alkyl halides is 3. The van der Waals surface area contributed by atoms with Gasteiger partial charge in [0.1, 0.15) is 5.75 Å². The molecular formula is C25H34F3N3O3. The van der Waals surface area contributed by atoms with Crippen LogP contribution in [0.15, 0.2) is 24.4 Å². The Labute approximate surface area is 198 Å². The van der Waals surface area contributed by atoms with Gasteiger partial charge in [-0.2, -0.15) is 13.2 Å². The van der Waals surface area contributed by atoms with Crippen molar-refractivity contribution in [3.63, 3.8) is 0 Å². The second-order valence-corrected chi connectivity index (χ2v) is 9.48. The number of aromatic nitrogens is 1. The van der Waals surface area contributed by atoms with Crippen LogP contribution in [0.1, 0.15) is 39.0 Å². The van der Waals surface area contributed by atoms with Crippen LogP contribution in [0, 0.1) is 17.8 Å². The molecule has 188 valence electrons. The molecule has 3 aliphatic rings. The minimum atomic E-state index is -4.02. The summed E-state index contributed by atoms with van der Waals surface area (Å²) in [7, 11) is 0. The van der Waals surface area contributed by atoms with E-state index in [1.54, 1.807) is 4.90 Å². The summed E-state index contributed by atoms with van der Waals surface area (Å²) < 4.78 is 46.9. The van der Waals surface area contributed by atoms with Crippen molar-refractivity contribution in [2.75, 3.05) is 44.8 Å². The van der Waals surface area contributed by atoms with Crippen LogP contribution in [0.5, 0.6) is 5.75 Å². The summed E-state index contributed by atoms with van der Waals surface area (Å²) in [6.07, 6.45) is 2.89. The lowest BCUT2D eigenvalue weighted by molar-refractivity contribution is -0.144. The first-order valence-electron chi connectivity index (χ1n) is 12.2. The molecule has 34 heavy (non-hydrogen) atoms. The smallest absolute Gasteiger partial charge is 0.401 e. The second-order valence-electron chi connectivity index (χ2n) is 9.48. The highest BCUT2D eigenvalue weighted by atomic mass is 19.4. The number of fused-ring (bicyclic) bond motifs is 2. The number of nitrogens with zero attached hydrogens (tertiary/aromatic N) is 1. The van der Waals surface area contributed by atoms with Gasteiger partial charge in [-0.1, -0.05) is 6.42 Å². The molecule has 3 fully saturated rings. The Balaban J connectivity index is 0.000000180. The maximum atomic E-state index is 12.3. The second kappa shape index (κ2) is 11.0. The monoisotopic (exact) mass is 481 g/mol. The fourth-order valence-electron chi connectivity index (χ4n) is 5.37. The van der Waals surface area contributed by atoms with Gasteiger partial charge in [0.15, 0.2) is 0 Å². The number of rotatable bonds is 5. The number of anilines is 1. The average Bonchev–Trinajstić information content (AvgIpc) is 3.49. The average molecular weight is 482 g/mol. The third-order valence-electron chi connectivity index (χ3n) is 7.02. The SMILES string of the molecule is CCOc1ccc2[nH]cc(NC(=O)C3CCOCC3)c2c1.FC(F)(F)CN1CC2CCCC2C1. The van der Waals surface area contributed by atoms with Gasteiger partial charge in [0, 0.05) is 49.3 Å². The third kappa shape index (κ3) is 6.44. The molecule has 1 amide bonds. The summed E-state index contributed by atoms with van der Waals surface area (Å²) in [4.78, 5) is 17.0.